The molecule has 3 nitrogen and oxygen atoms in total. The molecule has 0 aliphatic carbocycles. The molecule has 0 aliphatic rings. The molecule has 0 amide bonds. The quantitative estimate of drug-likeness (QED) is 0.773. The van der Waals surface area contributed by atoms with Crippen LogP contribution in [-0.4, -0.2) is 25.2 Å². The van der Waals surface area contributed by atoms with Crippen LogP contribution in [0.4, 0.5) is 0 Å². The molecule has 1 rings (SSSR count). The van der Waals surface area contributed by atoms with Gasteiger partial charge in [0, 0.05) is 37.0 Å². The fourth-order valence-corrected chi connectivity index (χ4v) is 3.11. The lowest BCUT2D eigenvalue weighted by Gasteiger charge is -2.17. The van der Waals surface area contributed by atoms with E-state index in [1.165, 1.54) is 15.6 Å². The minimum atomic E-state index is 0.126. The number of aromatic nitrogens is 1. The zero-order valence-electron chi connectivity index (χ0n) is 12.3. The highest BCUT2D eigenvalue weighted by atomic mass is 32.1. The highest BCUT2D eigenvalue weighted by Crippen LogP contribution is 2.30. The van der Waals surface area contributed by atoms with Gasteiger partial charge in [0.05, 0.1) is 10.7 Å². The number of hydrogen-bond donors (Lipinski definition) is 1. The number of nitrogens with one attached hydrogen (secondary N) is 1. The highest BCUT2D eigenvalue weighted by molar-refractivity contribution is 7.11. The van der Waals surface area contributed by atoms with Crippen molar-refractivity contribution < 1.29 is 4.74 Å². The van der Waals surface area contributed by atoms with Crippen molar-refractivity contribution in [3.05, 3.63) is 15.6 Å². The van der Waals surface area contributed by atoms with E-state index in [-0.39, 0.29) is 5.41 Å². The third-order valence-electron chi connectivity index (χ3n) is 2.73. The second-order valence-electron chi connectivity index (χ2n) is 5.51. The first-order valence-electron chi connectivity index (χ1n) is 6.67. The molecule has 0 saturated heterocycles. The number of rotatable bonds is 7. The van der Waals surface area contributed by atoms with E-state index in [0.29, 0.717) is 0 Å². The van der Waals surface area contributed by atoms with Crippen LogP contribution in [0.5, 0.6) is 0 Å². The average Bonchev–Trinajstić information content (AvgIpc) is 2.70. The van der Waals surface area contributed by atoms with Gasteiger partial charge in [0.1, 0.15) is 0 Å². The van der Waals surface area contributed by atoms with Crippen molar-refractivity contribution in [2.45, 2.75) is 52.5 Å². The second kappa shape index (κ2) is 7.22. The van der Waals surface area contributed by atoms with Gasteiger partial charge in [-0.2, -0.15) is 0 Å². The molecule has 0 radical (unpaired) electrons. The molecule has 104 valence electrons. The molecular weight excluding hydrogens is 244 g/mol. The number of hydrogen-bond acceptors (Lipinski definition) is 4. The summed E-state index contributed by atoms with van der Waals surface area (Å²) >= 11 is 1.85. The molecule has 1 aromatic heterocycles. The van der Waals surface area contributed by atoms with Crippen LogP contribution in [0.2, 0.25) is 0 Å². The molecule has 0 aliphatic heterocycles. The summed E-state index contributed by atoms with van der Waals surface area (Å²) in [7, 11) is 1.75. The van der Waals surface area contributed by atoms with Gasteiger partial charge in [-0.3, -0.25) is 0 Å². The lowest BCUT2D eigenvalue weighted by atomic mass is 9.91. The predicted octanol–water partition coefficient (Wildman–Crippen LogP) is 3.13. The van der Waals surface area contributed by atoms with Crippen molar-refractivity contribution in [3.8, 4) is 0 Å². The van der Waals surface area contributed by atoms with Crippen LogP contribution >= 0.6 is 11.3 Å². The summed E-state index contributed by atoms with van der Waals surface area (Å²) in [4.78, 5) is 6.22. The maximum Gasteiger partial charge on any atom is 0.0932 e. The number of nitrogens with zero attached hydrogens (tertiary/aromatic N) is 1. The van der Waals surface area contributed by atoms with E-state index in [1.807, 2.05) is 11.3 Å². The van der Waals surface area contributed by atoms with E-state index >= 15 is 0 Å². The average molecular weight is 270 g/mol. The van der Waals surface area contributed by atoms with Crippen molar-refractivity contribution >= 4 is 11.3 Å². The minimum absolute atomic E-state index is 0.126. The molecule has 0 unspecified atom stereocenters. The fourth-order valence-electron chi connectivity index (χ4n) is 1.82. The lowest BCUT2D eigenvalue weighted by Crippen LogP contribution is -2.18. The summed E-state index contributed by atoms with van der Waals surface area (Å²) in [6.45, 7) is 11.6. The monoisotopic (exact) mass is 270 g/mol. The van der Waals surface area contributed by atoms with E-state index in [4.69, 9.17) is 9.72 Å². The van der Waals surface area contributed by atoms with Crippen LogP contribution in [0.15, 0.2) is 0 Å². The van der Waals surface area contributed by atoms with Crippen LogP contribution in [0, 0.1) is 0 Å². The van der Waals surface area contributed by atoms with E-state index in [0.717, 1.165) is 32.5 Å². The van der Waals surface area contributed by atoms with Crippen LogP contribution in [0.3, 0.4) is 0 Å². The molecule has 1 aromatic rings. The Morgan fingerprint density at radius 2 is 2.06 bits per heavy atom. The maximum absolute atomic E-state index is 5.10. The molecule has 18 heavy (non-hydrogen) atoms. The summed E-state index contributed by atoms with van der Waals surface area (Å²) in [5.74, 6) is 0. The smallest absolute Gasteiger partial charge is 0.0932 e. The predicted molar refractivity (Wildman–Crippen MR) is 78.4 cm³/mol. The SMILES string of the molecule is CCNCc1sc(CCCOC)nc1C(C)(C)C. The summed E-state index contributed by atoms with van der Waals surface area (Å²) in [6.07, 6.45) is 2.07. The van der Waals surface area contributed by atoms with Gasteiger partial charge in [0.2, 0.25) is 0 Å². The summed E-state index contributed by atoms with van der Waals surface area (Å²) < 4.78 is 5.10. The van der Waals surface area contributed by atoms with Crippen molar-refractivity contribution in [1.82, 2.24) is 10.3 Å². The van der Waals surface area contributed by atoms with Crippen LogP contribution in [-0.2, 0) is 23.1 Å². The van der Waals surface area contributed by atoms with Crippen molar-refractivity contribution in [2.24, 2.45) is 0 Å². The largest absolute Gasteiger partial charge is 0.385 e. The molecule has 1 heterocycles. The molecule has 1 N–H and O–H groups in total. The molecule has 0 spiro atoms. The van der Waals surface area contributed by atoms with Gasteiger partial charge >= 0.3 is 0 Å². The third kappa shape index (κ3) is 4.67. The Labute approximate surface area is 115 Å². The fraction of sp³-hybridized carbons (Fsp3) is 0.786. The minimum Gasteiger partial charge on any atom is -0.385 e. The normalized spacial score (nSPS) is 12.1. The Bertz CT molecular complexity index is 355. The van der Waals surface area contributed by atoms with Crippen LogP contribution in [0.1, 0.15) is 49.7 Å². The summed E-state index contributed by atoms with van der Waals surface area (Å²) in [6, 6.07) is 0. The molecule has 0 saturated carbocycles. The standard InChI is InChI=1S/C14H26N2OS/c1-6-15-10-11-13(14(2,3)4)16-12(18-11)8-7-9-17-5/h15H,6-10H2,1-5H3. The topological polar surface area (TPSA) is 34.1 Å². The zero-order chi connectivity index (χ0) is 13.6. The molecule has 0 fully saturated rings. The Kier molecular flexibility index (Phi) is 6.26. The molecule has 4 heteroatoms. The Morgan fingerprint density at radius 3 is 2.61 bits per heavy atom. The van der Waals surface area contributed by atoms with Gasteiger partial charge in [0.15, 0.2) is 0 Å². The number of ether oxygens (including phenoxy) is 1. The maximum atomic E-state index is 5.10. The Hall–Kier alpha value is -0.450. The third-order valence-corrected chi connectivity index (χ3v) is 3.84. The van der Waals surface area contributed by atoms with E-state index in [1.54, 1.807) is 7.11 Å². The summed E-state index contributed by atoms with van der Waals surface area (Å²) in [5.41, 5.74) is 1.38. The van der Waals surface area contributed by atoms with Crippen molar-refractivity contribution in [3.63, 3.8) is 0 Å². The number of aryl methyl sites for hydroxylation is 1. The Balaban J connectivity index is 2.79. The number of thiazole rings is 1. The van der Waals surface area contributed by atoms with Gasteiger partial charge in [-0.15, -0.1) is 11.3 Å². The van der Waals surface area contributed by atoms with Gasteiger partial charge < -0.3 is 10.1 Å². The van der Waals surface area contributed by atoms with Crippen LogP contribution in [0.25, 0.3) is 0 Å². The van der Waals surface area contributed by atoms with Gasteiger partial charge in [-0.05, 0) is 13.0 Å². The first-order chi connectivity index (χ1) is 8.49. The summed E-state index contributed by atoms with van der Waals surface area (Å²) in [5, 5.41) is 4.64. The van der Waals surface area contributed by atoms with E-state index in [9.17, 15) is 0 Å². The first-order valence-corrected chi connectivity index (χ1v) is 7.49. The lowest BCUT2D eigenvalue weighted by molar-refractivity contribution is 0.195. The molecule has 0 aromatic carbocycles. The molecule has 0 atom stereocenters. The second-order valence-corrected chi connectivity index (χ2v) is 6.67. The molecular formula is C14H26N2OS. The number of methoxy groups -OCH3 is 1. The van der Waals surface area contributed by atoms with Crippen LogP contribution < -0.4 is 5.32 Å². The Morgan fingerprint density at radius 1 is 1.33 bits per heavy atom. The van der Waals surface area contributed by atoms with Gasteiger partial charge in [-0.1, -0.05) is 27.7 Å². The van der Waals surface area contributed by atoms with Crippen molar-refractivity contribution in [1.29, 1.82) is 0 Å². The van der Waals surface area contributed by atoms with Gasteiger partial charge in [-0.25, -0.2) is 4.98 Å². The zero-order valence-corrected chi connectivity index (χ0v) is 13.1. The first kappa shape index (κ1) is 15.6. The molecule has 0 bridgehead atoms. The van der Waals surface area contributed by atoms with E-state index in [2.05, 4.69) is 33.0 Å². The van der Waals surface area contributed by atoms with Crippen molar-refractivity contribution in [2.75, 3.05) is 20.3 Å². The highest BCUT2D eigenvalue weighted by Gasteiger charge is 2.22. The van der Waals surface area contributed by atoms with E-state index < -0.39 is 0 Å². The van der Waals surface area contributed by atoms with Gasteiger partial charge in [0.25, 0.3) is 0 Å².